The van der Waals surface area contributed by atoms with Gasteiger partial charge in [0.15, 0.2) is 0 Å². The minimum atomic E-state index is -4.97. The Morgan fingerprint density at radius 2 is 1.87 bits per heavy atom. The molecule has 0 saturated heterocycles. The molecule has 0 aliphatic carbocycles. The van der Waals surface area contributed by atoms with Crippen LogP contribution in [0, 0.1) is 6.92 Å². The molecule has 1 aromatic carbocycles. The topological polar surface area (TPSA) is 12.9 Å². The Balaban J connectivity index is 2.84. The van der Waals surface area contributed by atoms with Crippen LogP contribution >= 0.6 is 0 Å². The van der Waals surface area contributed by atoms with Crippen LogP contribution in [0.1, 0.15) is 5.56 Å². The number of pyridine rings is 1. The van der Waals surface area contributed by atoms with Crippen LogP contribution in [0.2, 0.25) is 0 Å². The van der Waals surface area contributed by atoms with Gasteiger partial charge in [-0.1, -0.05) is 23.7 Å². The molecule has 5 heteroatoms. The summed E-state index contributed by atoms with van der Waals surface area (Å²) in [6, 6.07) is 5.56. The fraction of sp³-hybridized carbons (Fsp3) is 0.100. The first kappa shape index (κ1) is 10.0. The molecule has 0 N–H and O–H groups in total. The number of benzene rings is 1. The number of rotatable bonds is 1. The molecule has 0 unspecified atom stereocenters. The van der Waals surface area contributed by atoms with Crippen molar-refractivity contribution in [2.24, 2.45) is 0 Å². The van der Waals surface area contributed by atoms with Crippen LogP contribution < -0.4 is 5.46 Å². The van der Waals surface area contributed by atoms with Crippen molar-refractivity contribution in [2.75, 3.05) is 0 Å². The maximum atomic E-state index is 12.7. The molecule has 0 radical (unpaired) electrons. The van der Waals surface area contributed by atoms with Gasteiger partial charge in [-0.3, -0.25) is 4.98 Å². The van der Waals surface area contributed by atoms with E-state index in [1.807, 2.05) is 0 Å². The molecule has 1 heterocycles. The van der Waals surface area contributed by atoms with Gasteiger partial charge in [-0.15, -0.1) is 0 Å². The van der Waals surface area contributed by atoms with E-state index in [9.17, 15) is 12.9 Å². The van der Waals surface area contributed by atoms with Crippen LogP contribution in [-0.2, 0) is 0 Å². The Morgan fingerprint density at radius 1 is 1.13 bits per heavy atom. The van der Waals surface area contributed by atoms with E-state index < -0.39 is 12.4 Å². The van der Waals surface area contributed by atoms with E-state index in [-0.39, 0.29) is 5.39 Å². The lowest BCUT2D eigenvalue weighted by atomic mass is 9.77. The van der Waals surface area contributed by atoms with Gasteiger partial charge in [0.1, 0.15) is 0 Å². The van der Waals surface area contributed by atoms with Gasteiger partial charge in [-0.2, -0.15) is 0 Å². The first-order valence-corrected chi connectivity index (χ1v) is 4.54. The zero-order valence-electron chi connectivity index (χ0n) is 8.05. The van der Waals surface area contributed by atoms with Crippen molar-refractivity contribution in [3.05, 3.63) is 36.0 Å². The maximum absolute atomic E-state index is 12.7. The normalized spacial score (nSPS) is 12.0. The molecule has 1 aromatic heterocycles. The van der Waals surface area contributed by atoms with Crippen LogP contribution in [0.5, 0.6) is 0 Å². The SMILES string of the molecule is Cc1ccc([B-](F)(F)F)c2cccnc12. The quantitative estimate of drug-likeness (QED) is 0.659. The Kier molecular flexibility index (Phi) is 2.18. The fourth-order valence-electron chi connectivity index (χ4n) is 1.62. The molecule has 0 spiro atoms. The molecule has 78 valence electrons. The van der Waals surface area contributed by atoms with Crippen molar-refractivity contribution in [1.29, 1.82) is 0 Å². The van der Waals surface area contributed by atoms with Gasteiger partial charge >= 0.3 is 6.98 Å². The fourth-order valence-corrected chi connectivity index (χ4v) is 1.62. The molecule has 0 saturated carbocycles. The summed E-state index contributed by atoms with van der Waals surface area (Å²) in [5.41, 5.74) is 0.618. The first-order valence-electron chi connectivity index (χ1n) is 4.54. The van der Waals surface area contributed by atoms with Gasteiger partial charge in [0.25, 0.3) is 0 Å². The van der Waals surface area contributed by atoms with Gasteiger partial charge in [0.2, 0.25) is 0 Å². The Bertz CT molecular complexity index is 507. The summed E-state index contributed by atoms with van der Waals surface area (Å²) in [5.74, 6) is 0. The highest BCUT2D eigenvalue weighted by atomic mass is 19.4. The Morgan fingerprint density at radius 3 is 2.53 bits per heavy atom. The number of hydrogen-bond donors (Lipinski definition) is 0. The molecule has 0 aliphatic rings. The maximum Gasteiger partial charge on any atom is 0.510 e. The number of aromatic nitrogens is 1. The minimum Gasteiger partial charge on any atom is -0.445 e. The predicted molar refractivity (Wildman–Crippen MR) is 55.2 cm³/mol. The number of hydrogen-bond acceptors (Lipinski definition) is 1. The van der Waals surface area contributed by atoms with E-state index in [4.69, 9.17) is 0 Å². The van der Waals surface area contributed by atoms with E-state index in [1.165, 1.54) is 24.4 Å². The average Bonchev–Trinajstić information content (AvgIpc) is 2.17. The van der Waals surface area contributed by atoms with Crippen LogP contribution in [0.25, 0.3) is 10.9 Å². The van der Waals surface area contributed by atoms with Crippen molar-refractivity contribution >= 4 is 23.3 Å². The summed E-state index contributed by atoms with van der Waals surface area (Å²) in [6.45, 7) is -3.22. The molecular weight excluding hydrogens is 202 g/mol. The summed E-state index contributed by atoms with van der Waals surface area (Å²) in [7, 11) is 0. The zero-order chi connectivity index (χ0) is 11.1. The summed E-state index contributed by atoms with van der Waals surface area (Å²) < 4.78 is 38.1. The molecule has 1 nitrogen and oxygen atoms in total. The Hall–Kier alpha value is -1.52. The van der Waals surface area contributed by atoms with E-state index in [2.05, 4.69) is 4.98 Å². The van der Waals surface area contributed by atoms with Crippen molar-refractivity contribution < 1.29 is 12.9 Å². The van der Waals surface area contributed by atoms with E-state index >= 15 is 0 Å². The summed E-state index contributed by atoms with van der Waals surface area (Å²) >= 11 is 0. The number of halogens is 3. The predicted octanol–water partition coefficient (Wildman–Crippen LogP) is 2.60. The van der Waals surface area contributed by atoms with Crippen LogP contribution in [0.3, 0.4) is 0 Å². The summed E-state index contributed by atoms with van der Waals surface area (Å²) in [4.78, 5) is 3.96. The van der Waals surface area contributed by atoms with Crippen molar-refractivity contribution in [2.45, 2.75) is 6.92 Å². The molecule has 0 aliphatic heterocycles. The van der Waals surface area contributed by atoms with Gasteiger partial charge in [0, 0.05) is 6.20 Å². The minimum absolute atomic E-state index is 0.185. The van der Waals surface area contributed by atoms with Gasteiger partial charge in [0.05, 0.1) is 5.52 Å². The Labute approximate surface area is 85.0 Å². The second kappa shape index (κ2) is 3.26. The molecule has 0 atom stereocenters. The summed E-state index contributed by atoms with van der Waals surface area (Å²) in [5, 5.41) is 0.185. The zero-order valence-corrected chi connectivity index (χ0v) is 8.05. The standard InChI is InChI=1S/C10H8BF3N/c1-7-4-5-9(11(12,13)14)8-3-2-6-15-10(7)8/h2-6H,1H3/q-1. The van der Waals surface area contributed by atoms with E-state index in [1.54, 1.807) is 6.92 Å². The molecule has 2 aromatic rings. The summed E-state index contributed by atoms with van der Waals surface area (Å²) in [6.07, 6.45) is 1.50. The monoisotopic (exact) mass is 210 g/mol. The lowest BCUT2D eigenvalue weighted by Crippen LogP contribution is -2.34. The largest absolute Gasteiger partial charge is 0.510 e. The highest BCUT2D eigenvalue weighted by Gasteiger charge is 2.27. The molecule has 0 bridgehead atoms. The average molecular weight is 210 g/mol. The van der Waals surface area contributed by atoms with Gasteiger partial charge < -0.3 is 12.9 Å². The molecule has 0 amide bonds. The second-order valence-electron chi connectivity index (χ2n) is 3.45. The van der Waals surface area contributed by atoms with Gasteiger partial charge in [-0.05, 0) is 23.9 Å². The second-order valence-corrected chi connectivity index (χ2v) is 3.45. The third-order valence-corrected chi connectivity index (χ3v) is 2.36. The highest BCUT2D eigenvalue weighted by Crippen LogP contribution is 2.19. The molecule has 2 rings (SSSR count). The molecule has 15 heavy (non-hydrogen) atoms. The third kappa shape index (κ3) is 1.69. The molecule has 0 fully saturated rings. The van der Waals surface area contributed by atoms with Crippen LogP contribution in [-0.4, -0.2) is 12.0 Å². The number of aryl methyl sites for hydroxylation is 1. The highest BCUT2D eigenvalue weighted by molar-refractivity contribution is 6.75. The number of nitrogens with zero attached hydrogens (tertiary/aromatic N) is 1. The van der Waals surface area contributed by atoms with Crippen molar-refractivity contribution in [3.63, 3.8) is 0 Å². The van der Waals surface area contributed by atoms with Gasteiger partial charge in [-0.25, -0.2) is 0 Å². The number of fused-ring (bicyclic) bond motifs is 1. The van der Waals surface area contributed by atoms with Crippen LogP contribution in [0.15, 0.2) is 30.5 Å². The lowest BCUT2D eigenvalue weighted by Gasteiger charge is -2.17. The third-order valence-electron chi connectivity index (χ3n) is 2.36. The smallest absolute Gasteiger partial charge is 0.445 e. The van der Waals surface area contributed by atoms with Crippen molar-refractivity contribution in [1.82, 2.24) is 4.98 Å². The van der Waals surface area contributed by atoms with Crippen LogP contribution in [0.4, 0.5) is 12.9 Å². The molecular formula is C10H8BF3N-. The lowest BCUT2D eigenvalue weighted by molar-refractivity contribution is 0.501. The van der Waals surface area contributed by atoms with E-state index in [0.29, 0.717) is 5.52 Å². The van der Waals surface area contributed by atoms with Crippen molar-refractivity contribution in [3.8, 4) is 0 Å². The van der Waals surface area contributed by atoms with E-state index in [0.717, 1.165) is 11.6 Å². The first-order chi connectivity index (χ1) is 7.00.